The molecule has 0 aromatic heterocycles. The minimum Gasteiger partial charge on any atom is -0.497 e. The summed E-state index contributed by atoms with van der Waals surface area (Å²) in [5.41, 5.74) is 2.80. The minimum atomic E-state index is -0.414. The van der Waals surface area contributed by atoms with Gasteiger partial charge in [0.1, 0.15) is 11.8 Å². The Hall–Kier alpha value is -2.86. The predicted molar refractivity (Wildman–Crippen MR) is 108 cm³/mol. The van der Waals surface area contributed by atoms with Crippen LogP contribution in [0.5, 0.6) is 5.75 Å². The van der Waals surface area contributed by atoms with E-state index in [-0.39, 0.29) is 11.8 Å². The zero-order chi connectivity index (χ0) is 19.9. The molecule has 3 rings (SSSR count). The highest BCUT2D eigenvalue weighted by Gasteiger charge is 2.33. The van der Waals surface area contributed by atoms with Crippen molar-refractivity contribution in [1.82, 2.24) is 4.90 Å². The van der Waals surface area contributed by atoms with Crippen molar-refractivity contribution in [3.05, 3.63) is 48.5 Å². The van der Waals surface area contributed by atoms with E-state index in [0.29, 0.717) is 31.7 Å². The van der Waals surface area contributed by atoms with Crippen LogP contribution in [0, 0.1) is 0 Å². The van der Waals surface area contributed by atoms with Crippen LogP contribution in [-0.2, 0) is 14.3 Å². The first-order valence-corrected chi connectivity index (χ1v) is 9.46. The summed E-state index contributed by atoms with van der Waals surface area (Å²) in [7, 11) is 3.21. The third-order valence-electron chi connectivity index (χ3n) is 4.95. The number of hydrogen-bond donors (Lipinski definition) is 1. The first-order valence-electron chi connectivity index (χ1n) is 9.46. The number of amides is 2. The Morgan fingerprint density at radius 3 is 2.61 bits per heavy atom. The van der Waals surface area contributed by atoms with E-state index >= 15 is 0 Å². The Kier molecular flexibility index (Phi) is 6.66. The number of nitrogens with one attached hydrogen (secondary N) is 1. The average Bonchev–Trinajstić information content (AvgIpc) is 3.23. The highest BCUT2D eigenvalue weighted by atomic mass is 16.5. The monoisotopic (exact) mass is 382 g/mol. The summed E-state index contributed by atoms with van der Waals surface area (Å²) in [6.45, 7) is 0.991. The summed E-state index contributed by atoms with van der Waals surface area (Å²) in [4.78, 5) is 26.6. The van der Waals surface area contributed by atoms with E-state index in [9.17, 15) is 9.59 Å². The van der Waals surface area contributed by atoms with Gasteiger partial charge in [0, 0.05) is 19.3 Å². The third-order valence-corrected chi connectivity index (χ3v) is 4.95. The molecule has 0 aliphatic carbocycles. The maximum Gasteiger partial charge on any atom is 0.247 e. The van der Waals surface area contributed by atoms with Crippen molar-refractivity contribution < 1.29 is 19.1 Å². The fraction of sp³-hybridized carbons (Fsp3) is 0.364. The summed E-state index contributed by atoms with van der Waals surface area (Å²) >= 11 is 0. The number of methoxy groups -OCH3 is 2. The Bertz CT molecular complexity index is 820. The Balaban J connectivity index is 1.64. The number of hydrogen-bond acceptors (Lipinski definition) is 4. The molecule has 1 aliphatic rings. The van der Waals surface area contributed by atoms with Crippen molar-refractivity contribution >= 4 is 17.5 Å². The van der Waals surface area contributed by atoms with Crippen LogP contribution in [-0.4, -0.2) is 50.1 Å². The molecule has 1 N–H and O–H groups in total. The molecule has 2 aromatic carbocycles. The Morgan fingerprint density at radius 2 is 1.89 bits per heavy atom. The van der Waals surface area contributed by atoms with E-state index in [1.807, 2.05) is 48.5 Å². The number of carbonyl (C=O) groups is 2. The van der Waals surface area contributed by atoms with E-state index in [1.54, 1.807) is 19.1 Å². The van der Waals surface area contributed by atoms with Crippen LogP contribution in [0.25, 0.3) is 11.1 Å². The Morgan fingerprint density at radius 1 is 1.11 bits per heavy atom. The average molecular weight is 382 g/mol. The number of nitrogens with zero attached hydrogens (tertiary/aromatic N) is 1. The van der Waals surface area contributed by atoms with Crippen LogP contribution in [0.2, 0.25) is 0 Å². The van der Waals surface area contributed by atoms with Crippen LogP contribution < -0.4 is 10.1 Å². The van der Waals surface area contributed by atoms with E-state index in [2.05, 4.69) is 5.32 Å². The third kappa shape index (κ3) is 4.70. The van der Waals surface area contributed by atoms with Crippen LogP contribution in [0.4, 0.5) is 5.69 Å². The molecule has 1 fully saturated rings. The van der Waals surface area contributed by atoms with Gasteiger partial charge in [-0.2, -0.15) is 0 Å². The fourth-order valence-corrected chi connectivity index (χ4v) is 3.44. The number of carbonyl (C=O) groups excluding carboxylic acids is 2. The van der Waals surface area contributed by atoms with Crippen molar-refractivity contribution in [2.45, 2.75) is 25.3 Å². The van der Waals surface area contributed by atoms with Gasteiger partial charge < -0.3 is 19.7 Å². The molecule has 0 radical (unpaired) electrons. The fourth-order valence-electron chi connectivity index (χ4n) is 3.44. The zero-order valence-electron chi connectivity index (χ0n) is 16.3. The van der Waals surface area contributed by atoms with E-state index in [1.165, 1.54) is 0 Å². The maximum absolute atomic E-state index is 12.7. The molecule has 28 heavy (non-hydrogen) atoms. The molecule has 6 nitrogen and oxygen atoms in total. The zero-order valence-corrected chi connectivity index (χ0v) is 16.3. The number of rotatable bonds is 7. The van der Waals surface area contributed by atoms with Gasteiger partial charge in [-0.15, -0.1) is 0 Å². The second-order valence-corrected chi connectivity index (χ2v) is 6.79. The topological polar surface area (TPSA) is 67.9 Å². The van der Waals surface area contributed by atoms with Gasteiger partial charge >= 0.3 is 0 Å². The van der Waals surface area contributed by atoms with Gasteiger partial charge in [-0.1, -0.05) is 24.3 Å². The molecule has 1 atom stereocenters. The van der Waals surface area contributed by atoms with Gasteiger partial charge in [-0.3, -0.25) is 9.59 Å². The highest BCUT2D eigenvalue weighted by molar-refractivity contribution is 5.97. The van der Waals surface area contributed by atoms with Crippen LogP contribution in [0.15, 0.2) is 48.5 Å². The van der Waals surface area contributed by atoms with Crippen molar-refractivity contribution in [3.63, 3.8) is 0 Å². The van der Waals surface area contributed by atoms with Gasteiger partial charge in [-0.25, -0.2) is 0 Å². The molecule has 6 heteroatoms. The molecular weight excluding hydrogens is 356 g/mol. The summed E-state index contributed by atoms with van der Waals surface area (Å²) in [6.07, 6.45) is 1.83. The molecule has 0 spiro atoms. The molecule has 0 saturated carbocycles. The molecular formula is C22H26N2O4. The first-order chi connectivity index (χ1) is 13.6. The van der Waals surface area contributed by atoms with Crippen molar-refractivity contribution in [1.29, 1.82) is 0 Å². The summed E-state index contributed by atoms with van der Waals surface area (Å²) in [6, 6.07) is 15.1. The summed E-state index contributed by atoms with van der Waals surface area (Å²) in [5, 5.41) is 2.94. The van der Waals surface area contributed by atoms with Gasteiger partial charge in [0.05, 0.1) is 20.1 Å². The van der Waals surface area contributed by atoms with E-state index in [4.69, 9.17) is 9.47 Å². The van der Waals surface area contributed by atoms with E-state index < -0.39 is 6.04 Å². The van der Waals surface area contributed by atoms with Crippen molar-refractivity contribution in [2.75, 3.05) is 32.7 Å². The highest BCUT2D eigenvalue weighted by Crippen LogP contribution is 2.26. The minimum absolute atomic E-state index is 0.0344. The summed E-state index contributed by atoms with van der Waals surface area (Å²) < 4.78 is 10.2. The smallest absolute Gasteiger partial charge is 0.247 e. The molecule has 0 bridgehead atoms. The van der Waals surface area contributed by atoms with Crippen molar-refractivity contribution in [2.24, 2.45) is 0 Å². The van der Waals surface area contributed by atoms with Crippen molar-refractivity contribution in [3.8, 4) is 16.9 Å². The lowest BCUT2D eigenvalue weighted by Gasteiger charge is -2.24. The molecule has 1 saturated heterocycles. The number of ether oxygens (including phenoxy) is 2. The first kappa shape index (κ1) is 19.9. The van der Waals surface area contributed by atoms with Gasteiger partial charge in [0.15, 0.2) is 0 Å². The van der Waals surface area contributed by atoms with Crippen LogP contribution in [0.1, 0.15) is 19.3 Å². The van der Waals surface area contributed by atoms with Gasteiger partial charge in [0.25, 0.3) is 0 Å². The SMILES string of the molecule is COCCC(=O)N1CCC[C@@H]1C(=O)Nc1ccc(-c2cccc(OC)c2)cc1. The molecule has 0 unspecified atom stereocenters. The molecule has 1 aliphatic heterocycles. The quantitative estimate of drug-likeness (QED) is 0.798. The largest absolute Gasteiger partial charge is 0.497 e. The molecule has 2 aromatic rings. The second-order valence-electron chi connectivity index (χ2n) is 6.79. The second kappa shape index (κ2) is 9.37. The molecule has 2 amide bonds. The standard InChI is InChI=1S/C22H26N2O4/c1-27-14-12-21(25)24-13-4-7-20(24)22(26)23-18-10-8-16(9-11-18)17-5-3-6-19(15-17)28-2/h3,5-6,8-11,15,20H,4,7,12-14H2,1-2H3,(H,23,26)/t20-/m1/s1. The predicted octanol–water partition coefficient (Wildman–Crippen LogP) is 3.33. The lowest BCUT2D eigenvalue weighted by atomic mass is 10.0. The Labute approximate surface area is 165 Å². The van der Waals surface area contributed by atoms with Crippen LogP contribution >= 0.6 is 0 Å². The van der Waals surface area contributed by atoms with Gasteiger partial charge in [-0.05, 0) is 48.2 Å². The number of likely N-dealkylation sites (tertiary alicyclic amines) is 1. The van der Waals surface area contributed by atoms with E-state index in [0.717, 1.165) is 23.3 Å². The molecule has 1 heterocycles. The lowest BCUT2D eigenvalue weighted by Crippen LogP contribution is -2.43. The normalized spacial score (nSPS) is 16.1. The number of anilines is 1. The molecule has 148 valence electrons. The van der Waals surface area contributed by atoms with Crippen LogP contribution in [0.3, 0.4) is 0 Å². The van der Waals surface area contributed by atoms with Gasteiger partial charge in [0.2, 0.25) is 11.8 Å². The number of benzene rings is 2. The summed E-state index contributed by atoms with van der Waals surface area (Å²) in [5.74, 6) is 0.625. The lowest BCUT2D eigenvalue weighted by molar-refractivity contribution is -0.137. The maximum atomic E-state index is 12.7.